The number of aromatic nitrogens is 2. The molecule has 0 spiro atoms. The van der Waals surface area contributed by atoms with Crippen molar-refractivity contribution in [2.24, 2.45) is 5.73 Å². The fourth-order valence-electron chi connectivity index (χ4n) is 1.29. The molecule has 1 amide bonds. The lowest BCUT2D eigenvalue weighted by atomic mass is 10.3. The Morgan fingerprint density at radius 2 is 2.12 bits per heavy atom. The highest BCUT2D eigenvalue weighted by Gasteiger charge is 2.17. The summed E-state index contributed by atoms with van der Waals surface area (Å²) < 4.78 is 25.0. The average molecular weight is 251 g/mol. The van der Waals surface area contributed by atoms with Crippen LogP contribution in [0.2, 0.25) is 0 Å². The number of pyridine rings is 1. The first kappa shape index (κ1) is 11.3. The molecule has 0 aliphatic carbocycles. The van der Waals surface area contributed by atoms with Gasteiger partial charge in [0.15, 0.2) is 0 Å². The van der Waals surface area contributed by atoms with Crippen LogP contribution >= 0.6 is 0 Å². The topological polar surface area (TPSA) is 95.0 Å². The van der Waals surface area contributed by atoms with Gasteiger partial charge in [0, 0.05) is 24.8 Å². The van der Waals surface area contributed by atoms with Crippen molar-refractivity contribution < 1.29 is 13.2 Å². The van der Waals surface area contributed by atoms with Crippen LogP contribution < -0.4 is 5.73 Å². The van der Waals surface area contributed by atoms with Gasteiger partial charge in [0.2, 0.25) is 5.91 Å². The summed E-state index contributed by atoms with van der Waals surface area (Å²) in [5.74, 6) is -0.676. The summed E-state index contributed by atoms with van der Waals surface area (Å²) >= 11 is 0. The minimum Gasteiger partial charge on any atom is -0.366 e. The van der Waals surface area contributed by atoms with E-state index in [1.54, 1.807) is 0 Å². The van der Waals surface area contributed by atoms with E-state index in [0.29, 0.717) is 0 Å². The Morgan fingerprint density at radius 1 is 1.35 bits per heavy atom. The van der Waals surface area contributed by atoms with Crippen LogP contribution in [0, 0.1) is 0 Å². The minimum absolute atomic E-state index is 0.0478. The summed E-state index contributed by atoms with van der Waals surface area (Å²) in [5, 5.41) is 0. The van der Waals surface area contributed by atoms with E-state index < -0.39 is 15.9 Å². The maximum absolute atomic E-state index is 12.0. The third-order valence-corrected chi connectivity index (χ3v) is 3.78. The molecule has 17 heavy (non-hydrogen) atoms. The minimum atomic E-state index is -3.71. The van der Waals surface area contributed by atoms with Gasteiger partial charge in [0.05, 0.1) is 5.56 Å². The van der Waals surface area contributed by atoms with Crippen molar-refractivity contribution >= 4 is 15.9 Å². The van der Waals surface area contributed by atoms with E-state index in [1.165, 1.54) is 43.0 Å². The molecule has 0 aliphatic heterocycles. The van der Waals surface area contributed by atoms with Crippen molar-refractivity contribution in [3.8, 4) is 0 Å². The van der Waals surface area contributed by atoms with Gasteiger partial charge in [-0.05, 0) is 18.2 Å². The summed E-state index contributed by atoms with van der Waals surface area (Å²) in [6.07, 6.45) is 5.15. The molecule has 2 N–H and O–H groups in total. The molecule has 7 heteroatoms. The van der Waals surface area contributed by atoms with Crippen LogP contribution in [-0.2, 0) is 10.0 Å². The lowest BCUT2D eigenvalue weighted by molar-refractivity contribution is 0.100. The van der Waals surface area contributed by atoms with Crippen LogP contribution in [0.15, 0.2) is 47.9 Å². The standard InChI is InChI=1S/C10H9N3O3S/c11-10(14)8-3-5-13(7-8)17(15,16)9-2-1-4-12-6-9/h1-7H,(H2,11,14). The molecule has 0 saturated heterocycles. The predicted molar refractivity (Wildman–Crippen MR) is 59.8 cm³/mol. The number of nitrogens with zero attached hydrogens (tertiary/aromatic N) is 2. The van der Waals surface area contributed by atoms with Crippen LogP contribution in [0.25, 0.3) is 0 Å². The first-order valence-corrected chi connectivity index (χ1v) is 6.09. The van der Waals surface area contributed by atoms with Crippen molar-refractivity contribution in [2.75, 3.05) is 0 Å². The van der Waals surface area contributed by atoms with Crippen molar-refractivity contribution in [3.05, 3.63) is 48.5 Å². The molecule has 88 valence electrons. The van der Waals surface area contributed by atoms with E-state index in [9.17, 15) is 13.2 Å². The molecule has 0 atom stereocenters. The fraction of sp³-hybridized carbons (Fsp3) is 0. The van der Waals surface area contributed by atoms with Crippen LogP contribution in [0.4, 0.5) is 0 Å². The molecular formula is C10H9N3O3S. The molecular weight excluding hydrogens is 242 g/mol. The van der Waals surface area contributed by atoms with E-state index in [1.807, 2.05) is 0 Å². The van der Waals surface area contributed by atoms with Gasteiger partial charge >= 0.3 is 0 Å². The van der Waals surface area contributed by atoms with Crippen LogP contribution in [0.3, 0.4) is 0 Å². The monoisotopic (exact) mass is 251 g/mol. The predicted octanol–water partition coefficient (Wildman–Crippen LogP) is 0.219. The second-order valence-corrected chi connectivity index (χ2v) is 5.13. The Bertz CT molecular complexity index is 646. The second kappa shape index (κ2) is 4.02. The van der Waals surface area contributed by atoms with Gasteiger partial charge in [-0.25, -0.2) is 12.4 Å². The van der Waals surface area contributed by atoms with Gasteiger partial charge in [0.1, 0.15) is 4.90 Å². The number of nitrogens with two attached hydrogens (primary N) is 1. The molecule has 0 saturated carbocycles. The summed E-state index contributed by atoms with van der Waals surface area (Å²) in [4.78, 5) is 14.7. The third-order valence-electron chi connectivity index (χ3n) is 2.16. The Kier molecular flexibility index (Phi) is 2.68. The summed E-state index contributed by atoms with van der Waals surface area (Å²) in [6.45, 7) is 0. The molecule has 2 aromatic heterocycles. The van der Waals surface area contributed by atoms with E-state index in [2.05, 4.69) is 4.98 Å². The van der Waals surface area contributed by atoms with Crippen LogP contribution in [-0.4, -0.2) is 23.3 Å². The van der Waals surface area contributed by atoms with E-state index in [4.69, 9.17) is 5.73 Å². The Hall–Kier alpha value is -2.15. The number of hydrogen-bond acceptors (Lipinski definition) is 4. The number of hydrogen-bond donors (Lipinski definition) is 1. The number of rotatable bonds is 3. The highest BCUT2D eigenvalue weighted by atomic mass is 32.2. The van der Waals surface area contributed by atoms with Gasteiger partial charge in [-0.1, -0.05) is 0 Å². The van der Waals surface area contributed by atoms with Gasteiger partial charge < -0.3 is 5.73 Å². The zero-order valence-corrected chi connectivity index (χ0v) is 9.46. The lowest BCUT2D eigenvalue weighted by Crippen LogP contribution is -2.13. The molecule has 2 heterocycles. The number of primary amides is 1. The van der Waals surface area contributed by atoms with Crippen LogP contribution in [0.1, 0.15) is 10.4 Å². The molecule has 0 unspecified atom stereocenters. The number of carbonyl (C=O) groups is 1. The Morgan fingerprint density at radius 3 is 2.65 bits per heavy atom. The van der Waals surface area contributed by atoms with Crippen LogP contribution in [0.5, 0.6) is 0 Å². The second-order valence-electron chi connectivity index (χ2n) is 3.29. The lowest BCUT2D eigenvalue weighted by Gasteiger charge is -2.04. The molecule has 0 aliphatic rings. The summed E-state index contributed by atoms with van der Waals surface area (Å²) in [7, 11) is -3.71. The fourth-order valence-corrected chi connectivity index (χ4v) is 2.46. The molecule has 6 nitrogen and oxygen atoms in total. The molecule has 0 aromatic carbocycles. The number of carbonyl (C=O) groups excluding carboxylic acids is 1. The number of amides is 1. The Balaban J connectivity index is 2.49. The average Bonchev–Trinajstić information content (AvgIpc) is 2.80. The highest BCUT2D eigenvalue weighted by Crippen LogP contribution is 2.13. The van der Waals surface area contributed by atoms with Gasteiger partial charge in [0.25, 0.3) is 10.0 Å². The van der Waals surface area contributed by atoms with Gasteiger partial charge in [-0.2, -0.15) is 0 Å². The smallest absolute Gasteiger partial charge is 0.269 e. The molecule has 2 rings (SSSR count). The molecule has 0 radical (unpaired) electrons. The summed E-state index contributed by atoms with van der Waals surface area (Å²) in [6, 6.07) is 4.29. The Labute approximate surface area is 97.8 Å². The quantitative estimate of drug-likeness (QED) is 0.844. The van der Waals surface area contributed by atoms with Crippen molar-refractivity contribution in [2.45, 2.75) is 4.90 Å². The van der Waals surface area contributed by atoms with Gasteiger partial charge in [-0.15, -0.1) is 0 Å². The zero-order chi connectivity index (χ0) is 12.5. The van der Waals surface area contributed by atoms with Crippen molar-refractivity contribution in [3.63, 3.8) is 0 Å². The van der Waals surface area contributed by atoms with E-state index in [0.717, 1.165) is 3.97 Å². The summed E-state index contributed by atoms with van der Waals surface area (Å²) in [5.41, 5.74) is 5.19. The normalized spacial score (nSPS) is 11.3. The SMILES string of the molecule is NC(=O)c1ccn(S(=O)(=O)c2cccnc2)c1. The first-order chi connectivity index (χ1) is 8.01. The van der Waals surface area contributed by atoms with Crippen molar-refractivity contribution in [1.82, 2.24) is 8.96 Å². The molecule has 0 fully saturated rings. The van der Waals surface area contributed by atoms with E-state index in [-0.39, 0.29) is 10.5 Å². The van der Waals surface area contributed by atoms with E-state index >= 15 is 0 Å². The largest absolute Gasteiger partial charge is 0.366 e. The maximum Gasteiger partial charge on any atom is 0.269 e. The van der Waals surface area contributed by atoms with Crippen molar-refractivity contribution in [1.29, 1.82) is 0 Å². The molecule has 0 bridgehead atoms. The zero-order valence-electron chi connectivity index (χ0n) is 8.65. The maximum atomic E-state index is 12.0. The first-order valence-electron chi connectivity index (χ1n) is 4.65. The third kappa shape index (κ3) is 2.04. The van der Waals surface area contributed by atoms with Gasteiger partial charge in [-0.3, -0.25) is 9.78 Å². The molecule has 2 aromatic rings. The highest BCUT2D eigenvalue weighted by molar-refractivity contribution is 7.90.